The van der Waals surface area contributed by atoms with E-state index in [1.54, 1.807) is 12.1 Å². The van der Waals surface area contributed by atoms with Crippen LogP contribution in [0.1, 0.15) is 17.8 Å². The highest BCUT2D eigenvalue weighted by Crippen LogP contribution is 2.24. The van der Waals surface area contributed by atoms with Gasteiger partial charge in [0.15, 0.2) is 0 Å². The van der Waals surface area contributed by atoms with Gasteiger partial charge in [-0.15, -0.1) is 0 Å². The summed E-state index contributed by atoms with van der Waals surface area (Å²) in [5.74, 6) is 0.504. The second-order valence-corrected chi connectivity index (χ2v) is 4.41. The summed E-state index contributed by atoms with van der Waals surface area (Å²) in [6.07, 6.45) is 1.92. The molecule has 1 aromatic carbocycles. The fraction of sp³-hybridized carbons (Fsp3) is 0.308. The number of hydrogen-bond acceptors (Lipinski definition) is 2. The molecular weight excluding hydrogens is 219 g/mol. The van der Waals surface area contributed by atoms with Crippen molar-refractivity contribution in [2.45, 2.75) is 25.4 Å². The third-order valence-electron chi connectivity index (χ3n) is 3.14. The summed E-state index contributed by atoms with van der Waals surface area (Å²) in [7, 11) is 0. The highest BCUT2D eigenvalue weighted by molar-refractivity contribution is 5.56. The van der Waals surface area contributed by atoms with Crippen molar-refractivity contribution in [1.29, 1.82) is 0 Å². The molecule has 0 spiro atoms. The van der Waals surface area contributed by atoms with Crippen molar-refractivity contribution < 1.29 is 9.50 Å². The molecule has 2 aromatic rings. The average molecular weight is 232 g/mol. The Morgan fingerprint density at radius 2 is 2.06 bits per heavy atom. The molecule has 3 nitrogen and oxygen atoms in total. The van der Waals surface area contributed by atoms with Gasteiger partial charge >= 0.3 is 0 Å². The van der Waals surface area contributed by atoms with Gasteiger partial charge < -0.3 is 10.1 Å². The van der Waals surface area contributed by atoms with Crippen molar-refractivity contribution in [3.05, 3.63) is 41.5 Å². The summed E-state index contributed by atoms with van der Waals surface area (Å²) in [5, 5.41) is 9.57. The number of nitrogens with zero attached hydrogens (tertiary/aromatic N) is 1. The standard InChI is InChI=1S/C13H13FN2O/c14-9-3-1-8(2-4-9)13-15-11-6-5-10(17)7-12(11)16-13/h1-4,10,17H,5-7H2,(H,15,16). The molecule has 3 rings (SSSR count). The maximum atomic E-state index is 12.8. The number of aliphatic hydroxyl groups excluding tert-OH is 1. The molecule has 1 aliphatic carbocycles. The monoisotopic (exact) mass is 232 g/mol. The van der Waals surface area contributed by atoms with E-state index >= 15 is 0 Å². The number of rotatable bonds is 1. The largest absolute Gasteiger partial charge is 0.393 e. The first-order chi connectivity index (χ1) is 8.22. The number of hydrogen-bond donors (Lipinski definition) is 2. The molecule has 0 bridgehead atoms. The van der Waals surface area contributed by atoms with Crippen molar-refractivity contribution >= 4 is 0 Å². The SMILES string of the molecule is OC1CCc2nc(-c3ccc(F)cc3)[nH]c2C1. The summed E-state index contributed by atoms with van der Waals surface area (Å²) < 4.78 is 12.8. The number of aliphatic hydroxyl groups is 1. The minimum Gasteiger partial charge on any atom is -0.393 e. The van der Waals surface area contributed by atoms with Crippen LogP contribution in [0.5, 0.6) is 0 Å². The van der Waals surface area contributed by atoms with Gasteiger partial charge in [-0.2, -0.15) is 0 Å². The van der Waals surface area contributed by atoms with Crippen molar-refractivity contribution in [2.75, 3.05) is 0 Å². The number of fused-ring (bicyclic) bond motifs is 1. The Morgan fingerprint density at radius 1 is 1.29 bits per heavy atom. The molecule has 0 saturated carbocycles. The molecule has 88 valence electrons. The summed E-state index contributed by atoms with van der Waals surface area (Å²) in [5.41, 5.74) is 2.90. The maximum absolute atomic E-state index is 12.8. The first-order valence-corrected chi connectivity index (χ1v) is 5.74. The molecule has 0 radical (unpaired) electrons. The summed E-state index contributed by atoms with van der Waals surface area (Å²) in [6.45, 7) is 0. The first kappa shape index (κ1) is 10.5. The zero-order valence-electron chi connectivity index (χ0n) is 9.28. The number of aromatic nitrogens is 2. The van der Waals surface area contributed by atoms with E-state index in [0.29, 0.717) is 6.42 Å². The van der Waals surface area contributed by atoms with Crippen LogP contribution >= 0.6 is 0 Å². The fourth-order valence-corrected chi connectivity index (χ4v) is 2.21. The van der Waals surface area contributed by atoms with Crippen LogP contribution in [0.2, 0.25) is 0 Å². The predicted octanol–water partition coefficient (Wildman–Crippen LogP) is 2.07. The van der Waals surface area contributed by atoms with Gasteiger partial charge in [0, 0.05) is 17.7 Å². The Hall–Kier alpha value is -1.68. The van der Waals surface area contributed by atoms with Gasteiger partial charge in [0.1, 0.15) is 11.6 Å². The Bertz CT molecular complexity index is 533. The van der Waals surface area contributed by atoms with Gasteiger partial charge in [-0.1, -0.05) is 0 Å². The predicted molar refractivity (Wildman–Crippen MR) is 62.0 cm³/mol. The number of imidazole rings is 1. The van der Waals surface area contributed by atoms with Gasteiger partial charge in [-0.3, -0.25) is 0 Å². The molecule has 0 saturated heterocycles. The van der Waals surface area contributed by atoms with Crippen LogP contribution in [0.25, 0.3) is 11.4 Å². The maximum Gasteiger partial charge on any atom is 0.137 e. The lowest BCUT2D eigenvalue weighted by Crippen LogP contribution is -2.18. The summed E-state index contributed by atoms with van der Waals surface area (Å²) in [4.78, 5) is 7.70. The zero-order chi connectivity index (χ0) is 11.8. The third-order valence-corrected chi connectivity index (χ3v) is 3.14. The van der Waals surface area contributed by atoms with Gasteiger partial charge in [-0.25, -0.2) is 9.37 Å². The summed E-state index contributed by atoms with van der Waals surface area (Å²) in [6, 6.07) is 6.25. The number of aryl methyl sites for hydroxylation is 1. The van der Waals surface area contributed by atoms with E-state index < -0.39 is 0 Å². The smallest absolute Gasteiger partial charge is 0.137 e. The number of halogens is 1. The van der Waals surface area contributed by atoms with Crippen LogP contribution in [-0.2, 0) is 12.8 Å². The van der Waals surface area contributed by atoms with E-state index in [4.69, 9.17) is 0 Å². The molecule has 0 amide bonds. The fourth-order valence-electron chi connectivity index (χ4n) is 2.21. The molecule has 4 heteroatoms. The van der Waals surface area contributed by atoms with E-state index in [1.807, 2.05) is 0 Å². The summed E-state index contributed by atoms with van der Waals surface area (Å²) >= 11 is 0. The van der Waals surface area contributed by atoms with Crippen LogP contribution in [0.4, 0.5) is 4.39 Å². The Kier molecular flexibility index (Phi) is 2.44. The first-order valence-electron chi connectivity index (χ1n) is 5.74. The van der Waals surface area contributed by atoms with E-state index in [0.717, 1.165) is 35.6 Å². The molecule has 1 aliphatic rings. The molecular formula is C13H13FN2O. The lowest BCUT2D eigenvalue weighted by molar-refractivity contribution is 0.157. The van der Waals surface area contributed by atoms with E-state index in [-0.39, 0.29) is 11.9 Å². The van der Waals surface area contributed by atoms with Gasteiger partial charge in [0.05, 0.1) is 11.8 Å². The van der Waals surface area contributed by atoms with Crippen LogP contribution < -0.4 is 0 Å². The minimum atomic E-state index is -0.274. The van der Waals surface area contributed by atoms with Crippen molar-refractivity contribution in [2.24, 2.45) is 0 Å². The molecule has 0 fully saturated rings. The van der Waals surface area contributed by atoms with Gasteiger partial charge in [0.2, 0.25) is 0 Å². The van der Waals surface area contributed by atoms with Crippen molar-refractivity contribution in [3.63, 3.8) is 0 Å². The topological polar surface area (TPSA) is 48.9 Å². The van der Waals surface area contributed by atoms with Gasteiger partial charge in [0.25, 0.3) is 0 Å². The number of nitrogens with one attached hydrogen (secondary N) is 1. The zero-order valence-corrected chi connectivity index (χ0v) is 9.28. The third kappa shape index (κ3) is 1.96. The Labute approximate surface area is 98.3 Å². The van der Waals surface area contributed by atoms with Crippen LogP contribution in [0, 0.1) is 5.82 Å². The number of H-pyrrole nitrogens is 1. The number of aromatic amines is 1. The Morgan fingerprint density at radius 3 is 2.82 bits per heavy atom. The van der Waals surface area contributed by atoms with Crippen molar-refractivity contribution in [1.82, 2.24) is 9.97 Å². The molecule has 1 heterocycles. The molecule has 1 aromatic heterocycles. The van der Waals surface area contributed by atoms with Crippen LogP contribution in [0.3, 0.4) is 0 Å². The van der Waals surface area contributed by atoms with Crippen LogP contribution in [0.15, 0.2) is 24.3 Å². The van der Waals surface area contributed by atoms with Gasteiger partial charge in [-0.05, 0) is 37.1 Å². The minimum absolute atomic E-state index is 0.250. The number of benzene rings is 1. The highest BCUT2D eigenvalue weighted by atomic mass is 19.1. The second kappa shape index (κ2) is 3.96. The van der Waals surface area contributed by atoms with E-state index in [2.05, 4.69) is 9.97 Å². The van der Waals surface area contributed by atoms with E-state index in [9.17, 15) is 9.50 Å². The average Bonchev–Trinajstić information content (AvgIpc) is 2.72. The molecule has 2 N–H and O–H groups in total. The normalized spacial score (nSPS) is 19.1. The second-order valence-electron chi connectivity index (χ2n) is 4.41. The molecule has 17 heavy (non-hydrogen) atoms. The lowest BCUT2D eigenvalue weighted by atomic mass is 9.99. The quantitative estimate of drug-likeness (QED) is 0.790. The van der Waals surface area contributed by atoms with Crippen molar-refractivity contribution in [3.8, 4) is 11.4 Å². The highest BCUT2D eigenvalue weighted by Gasteiger charge is 2.20. The molecule has 1 unspecified atom stereocenters. The Balaban J connectivity index is 1.97. The molecule has 1 atom stereocenters. The lowest BCUT2D eigenvalue weighted by Gasteiger charge is -2.14. The van der Waals surface area contributed by atoms with E-state index in [1.165, 1.54) is 12.1 Å². The van der Waals surface area contributed by atoms with Crippen LogP contribution in [-0.4, -0.2) is 21.2 Å². The molecule has 0 aliphatic heterocycles.